The molecule has 2 aromatic carbocycles. The molecule has 0 heterocycles. The van der Waals surface area contributed by atoms with Crippen molar-refractivity contribution in [2.75, 3.05) is 14.1 Å². The van der Waals surface area contributed by atoms with E-state index in [0.29, 0.717) is 0 Å². The van der Waals surface area contributed by atoms with Crippen LogP contribution >= 0.6 is 0 Å². The maximum absolute atomic E-state index is 13.2. The van der Waals surface area contributed by atoms with Gasteiger partial charge in [0.2, 0.25) is 10.0 Å². The number of nitrogens with zero attached hydrogens (tertiary/aromatic N) is 1. The third kappa shape index (κ3) is 4.39. The van der Waals surface area contributed by atoms with E-state index < -0.39 is 27.5 Å². The van der Waals surface area contributed by atoms with Crippen LogP contribution in [-0.4, -0.2) is 26.8 Å². The van der Waals surface area contributed by atoms with Crippen molar-refractivity contribution in [2.24, 2.45) is 0 Å². The number of nitrogens with one attached hydrogen (secondary N) is 1. The molecule has 1 unspecified atom stereocenters. The van der Waals surface area contributed by atoms with Crippen LogP contribution in [0.25, 0.3) is 0 Å². The molecular weight excluding hydrogens is 353 g/mol. The lowest BCUT2D eigenvalue weighted by atomic mass is 10.1. The molecule has 1 atom stereocenters. The normalized spacial score (nSPS) is 13.2. The number of hydrogen-bond acceptors (Lipinski definition) is 3. The van der Waals surface area contributed by atoms with E-state index >= 15 is 0 Å². The van der Waals surface area contributed by atoms with Crippen molar-refractivity contribution < 1.29 is 21.6 Å². The highest BCUT2D eigenvalue weighted by molar-refractivity contribution is 7.89. The Labute approximate surface area is 145 Å². The van der Waals surface area contributed by atoms with Gasteiger partial charge in [0.05, 0.1) is 4.90 Å². The monoisotopic (exact) mass is 372 g/mol. The first-order valence-electron chi connectivity index (χ1n) is 7.52. The average Bonchev–Trinajstić information content (AvgIpc) is 2.57. The van der Waals surface area contributed by atoms with Crippen LogP contribution in [0.2, 0.25) is 0 Å². The van der Waals surface area contributed by atoms with E-state index in [1.54, 1.807) is 12.1 Å². The smallest absolute Gasteiger partial charge is 0.242 e. The standard InChI is InChI=1S/C17H19F3N2O2S/c1-11(21-10-12-8-15(18)17(20)16(19)9-12)13-4-6-14(7-5-13)25(23,24)22(2)3/h4-9,11,21H,10H2,1-3H3. The molecule has 0 radical (unpaired) electrons. The molecule has 0 aliphatic rings. The summed E-state index contributed by atoms with van der Waals surface area (Å²) >= 11 is 0. The van der Waals surface area contributed by atoms with Crippen LogP contribution in [0.1, 0.15) is 24.1 Å². The van der Waals surface area contributed by atoms with Gasteiger partial charge in [-0.15, -0.1) is 0 Å². The molecule has 0 amide bonds. The molecule has 2 rings (SSSR count). The number of rotatable bonds is 6. The van der Waals surface area contributed by atoms with Gasteiger partial charge in [0.1, 0.15) is 0 Å². The Hall–Kier alpha value is -1.90. The summed E-state index contributed by atoms with van der Waals surface area (Å²) in [5.74, 6) is -3.96. The lowest BCUT2D eigenvalue weighted by Gasteiger charge is -2.16. The highest BCUT2D eigenvalue weighted by atomic mass is 32.2. The molecule has 2 aromatic rings. The maximum atomic E-state index is 13.2. The fourth-order valence-corrected chi connectivity index (χ4v) is 3.14. The van der Waals surface area contributed by atoms with Crippen molar-refractivity contribution in [1.29, 1.82) is 0 Å². The Kier molecular flexibility index (Phi) is 5.87. The second-order valence-corrected chi connectivity index (χ2v) is 7.98. The van der Waals surface area contributed by atoms with Crippen molar-refractivity contribution in [3.05, 3.63) is 65.0 Å². The SMILES string of the molecule is CC(NCc1cc(F)c(F)c(F)c1)c1ccc(S(=O)(=O)N(C)C)cc1. The fourth-order valence-electron chi connectivity index (χ4n) is 2.24. The summed E-state index contributed by atoms with van der Waals surface area (Å²) < 4.78 is 64.5. The summed E-state index contributed by atoms with van der Waals surface area (Å²) in [6, 6.07) is 8.00. The zero-order chi connectivity index (χ0) is 18.8. The first kappa shape index (κ1) is 19.4. The quantitative estimate of drug-likeness (QED) is 0.793. The summed E-state index contributed by atoms with van der Waals surface area (Å²) in [5.41, 5.74) is 1.08. The summed E-state index contributed by atoms with van der Waals surface area (Å²) in [5, 5.41) is 3.05. The van der Waals surface area contributed by atoms with Gasteiger partial charge >= 0.3 is 0 Å². The predicted molar refractivity (Wildman–Crippen MR) is 88.9 cm³/mol. The van der Waals surface area contributed by atoms with Gasteiger partial charge in [-0.25, -0.2) is 25.9 Å². The van der Waals surface area contributed by atoms with E-state index in [1.165, 1.54) is 26.2 Å². The lowest BCUT2D eigenvalue weighted by Crippen LogP contribution is -2.22. The van der Waals surface area contributed by atoms with Crippen molar-refractivity contribution in [2.45, 2.75) is 24.4 Å². The van der Waals surface area contributed by atoms with Crippen LogP contribution in [0, 0.1) is 17.5 Å². The van der Waals surface area contributed by atoms with E-state index in [4.69, 9.17) is 0 Å². The molecule has 0 aromatic heterocycles. The van der Waals surface area contributed by atoms with Crippen LogP contribution in [0.5, 0.6) is 0 Å². The van der Waals surface area contributed by atoms with Crippen molar-refractivity contribution >= 4 is 10.0 Å². The minimum absolute atomic E-state index is 0.132. The largest absolute Gasteiger partial charge is 0.306 e. The fraction of sp³-hybridized carbons (Fsp3) is 0.294. The Balaban J connectivity index is 2.08. The van der Waals surface area contributed by atoms with Gasteiger partial charge in [-0.3, -0.25) is 0 Å². The molecule has 0 fully saturated rings. The van der Waals surface area contributed by atoms with Gasteiger partial charge in [-0.2, -0.15) is 0 Å². The number of benzene rings is 2. The van der Waals surface area contributed by atoms with Crippen LogP contribution in [0.3, 0.4) is 0 Å². The molecule has 0 aliphatic carbocycles. The lowest BCUT2D eigenvalue weighted by molar-refractivity contribution is 0.443. The molecule has 0 spiro atoms. The topological polar surface area (TPSA) is 49.4 Å². The van der Waals surface area contributed by atoms with E-state index in [1.807, 2.05) is 6.92 Å². The summed E-state index contributed by atoms with van der Waals surface area (Å²) in [6.07, 6.45) is 0. The van der Waals surface area contributed by atoms with Gasteiger partial charge in [0.25, 0.3) is 0 Å². The second kappa shape index (κ2) is 7.55. The minimum Gasteiger partial charge on any atom is -0.306 e. The Bertz CT molecular complexity index is 830. The molecule has 0 bridgehead atoms. The molecule has 4 nitrogen and oxygen atoms in total. The second-order valence-electron chi connectivity index (χ2n) is 5.83. The molecular formula is C17H19F3N2O2S. The molecule has 0 aliphatic heterocycles. The average molecular weight is 372 g/mol. The van der Waals surface area contributed by atoms with Gasteiger partial charge in [0, 0.05) is 26.7 Å². The first-order valence-corrected chi connectivity index (χ1v) is 8.96. The van der Waals surface area contributed by atoms with E-state index in [9.17, 15) is 21.6 Å². The summed E-state index contributed by atoms with van der Waals surface area (Å²) in [7, 11) is -0.589. The van der Waals surface area contributed by atoms with E-state index in [2.05, 4.69) is 5.32 Å². The van der Waals surface area contributed by atoms with Crippen LogP contribution < -0.4 is 5.32 Å². The zero-order valence-corrected chi connectivity index (χ0v) is 14.9. The molecule has 0 saturated carbocycles. The number of halogens is 3. The number of hydrogen-bond donors (Lipinski definition) is 1. The molecule has 136 valence electrons. The van der Waals surface area contributed by atoms with Gasteiger partial charge < -0.3 is 5.32 Å². The highest BCUT2D eigenvalue weighted by Gasteiger charge is 2.17. The Morgan fingerprint density at radius 1 is 1.04 bits per heavy atom. The van der Waals surface area contributed by atoms with Crippen molar-refractivity contribution in [3.63, 3.8) is 0 Å². The molecule has 8 heteroatoms. The summed E-state index contributed by atoms with van der Waals surface area (Å²) in [6.45, 7) is 1.96. The minimum atomic E-state index is -3.49. The molecule has 1 N–H and O–H groups in total. The van der Waals surface area contributed by atoms with Gasteiger partial charge in [0.15, 0.2) is 17.5 Å². The Morgan fingerprint density at radius 2 is 1.56 bits per heavy atom. The van der Waals surface area contributed by atoms with Crippen molar-refractivity contribution in [1.82, 2.24) is 9.62 Å². The third-order valence-electron chi connectivity index (χ3n) is 3.81. The maximum Gasteiger partial charge on any atom is 0.242 e. The van der Waals surface area contributed by atoms with E-state index in [0.717, 1.165) is 22.0 Å². The molecule has 25 heavy (non-hydrogen) atoms. The summed E-state index contributed by atoms with van der Waals surface area (Å²) in [4.78, 5) is 0.177. The molecule has 0 saturated heterocycles. The Morgan fingerprint density at radius 3 is 2.04 bits per heavy atom. The van der Waals surface area contributed by atoms with Gasteiger partial charge in [-0.1, -0.05) is 12.1 Å². The third-order valence-corrected chi connectivity index (χ3v) is 5.64. The first-order chi connectivity index (χ1) is 11.6. The van der Waals surface area contributed by atoms with Gasteiger partial charge in [-0.05, 0) is 42.3 Å². The van der Waals surface area contributed by atoms with E-state index in [-0.39, 0.29) is 23.0 Å². The highest BCUT2D eigenvalue weighted by Crippen LogP contribution is 2.19. The number of sulfonamides is 1. The predicted octanol–water partition coefficient (Wildman–Crippen LogP) is 3.21. The van der Waals surface area contributed by atoms with Crippen molar-refractivity contribution in [3.8, 4) is 0 Å². The van der Waals surface area contributed by atoms with Crippen LogP contribution in [0.15, 0.2) is 41.3 Å². The van der Waals surface area contributed by atoms with Crippen LogP contribution in [0.4, 0.5) is 13.2 Å². The van der Waals surface area contributed by atoms with Crippen LogP contribution in [-0.2, 0) is 16.6 Å². The zero-order valence-electron chi connectivity index (χ0n) is 14.1.